The van der Waals surface area contributed by atoms with Crippen molar-refractivity contribution in [3.63, 3.8) is 0 Å². The van der Waals surface area contributed by atoms with Crippen molar-refractivity contribution >= 4 is 33.5 Å². The summed E-state index contributed by atoms with van der Waals surface area (Å²) < 4.78 is 74.9. The third kappa shape index (κ3) is 10.6. The number of esters is 2. The predicted octanol–water partition coefficient (Wildman–Crippen LogP) is 9.92. The predicted molar refractivity (Wildman–Crippen MR) is 290 cm³/mol. The maximum absolute atomic E-state index is 13.5. The molecule has 16 unspecified atom stereocenters. The molecule has 0 saturated carbocycles. The fraction of sp³-hybridized carbons (Fsp3) is 0.656. The molecule has 78 heavy (non-hydrogen) atoms. The van der Waals surface area contributed by atoms with E-state index >= 15 is 0 Å². The van der Waals surface area contributed by atoms with Gasteiger partial charge in [0, 0.05) is 25.7 Å². The van der Waals surface area contributed by atoms with Gasteiger partial charge in [0.2, 0.25) is 0 Å². The van der Waals surface area contributed by atoms with E-state index in [-0.39, 0.29) is 123 Å². The number of hydrogen-bond donors (Lipinski definition) is 1. The quantitative estimate of drug-likeness (QED) is 0.146. The second kappa shape index (κ2) is 21.7. The van der Waals surface area contributed by atoms with Crippen molar-refractivity contribution < 1.29 is 66.8 Å². The van der Waals surface area contributed by atoms with Gasteiger partial charge in [-0.15, -0.1) is 0 Å². The zero-order chi connectivity index (χ0) is 53.5. The molecule has 8 fully saturated rings. The Morgan fingerprint density at radius 2 is 1.38 bits per heavy atom. The summed E-state index contributed by atoms with van der Waals surface area (Å²) in [5, 5.41) is 15.7. The lowest BCUT2D eigenvalue weighted by Crippen LogP contribution is -2.65. The maximum atomic E-state index is 13.5. The highest BCUT2D eigenvalue weighted by molar-refractivity contribution is 6.09. The molecule has 3 aromatic rings. The molecule has 0 spiro atoms. The van der Waals surface area contributed by atoms with E-state index in [1.54, 1.807) is 6.07 Å². The summed E-state index contributed by atoms with van der Waals surface area (Å²) in [6, 6.07) is 18.0. The first-order valence-corrected chi connectivity index (χ1v) is 29.6. The first-order valence-electron chi connectivity index (χ1n) is 29.6. The van der Waals surface area contributed by atoms with Crippen molar-refractivity contribution in [3.05, 3.63) is 96.6 Å². The van der Waals surface area contributed by atoms with Crippen LogP contribution in [0, 0.1) is 11.8 Å². The summed E-state index contributed by atoms with van der Waals surface area (Å²) in [5.74, 6) is -0.0878. The van der Waals surface area contributed by atoms with Gasteiger partial charge in [-0.1, -0.05) is 81.1 Å². The molecule has 10 aliphatic rings. The Balaban J connectivity index is 0.630. The van der Waals surface area contributed by atoms with Crippen LogP contribution in [0.5, 0.6) is 0 Å². The van der Waals surface area contributed by atoms with Crippen molar-refractivity contribution in [1.82, 2.24) is 0 Å². The minimum absolute atomic E-state index is 0.0550. The monoisotopic (exact) mass is 1070 g/mol. The van der Waals surface area contributed by atoms with Crippen molar-refractivity contribution in [2.75, 3.05) is 6.61 Å². The van der Waals surface area contributed by atoms with Crippen LogP contribution in [0.15, 0.2) is 91.1 Å². The van der Waals surface area contributed by atoms with E-state index in [1.165, 1.54) is 0 Å². The highest BCUT2D eigenvalue weighted by Gasteiger charge is 2.57. The summed E-state index contributed by atoms with van der Waals surface area (Å²) in [4.78, 5) is 25.9. The second-order valence-electron chi connectivity index (χ2n) is 25.5. The zero-order valence-electron chi connectivity index (χ0n) is 45.8. The number of ether oxygens (including phenoxy) is 11. The van der Waals surface area contributed by atoms with Gasteiger partial charge in [-0.05, 0) is 135 Å². The smallest absolute Gasteiger partial charge is 0.339 e. The molecule has 10 aliphatic heterocycles. The molecule has 1 N–H and O–H groups in total. The van der Waals surface area contributed by atoms with E-state index in [4.69, 9.17) is 52.1 Å². The van der Waals surface area contributed by atoms with Gasteiger partial charge < -0.3 is 57.2 Å². The number of carbonyl (C=O) groups is 2. The van der Waals surface area contributed by atoms with Crippen molar-refractivity contribution in [2.45, 2.75) is 245 Å². The number of aliphatic hydroxyl groups excluding tert-OH is 1. The Morgan fingerprint density at radius 3 is 2.24 bits per heavy atom. The number of rotatable bonds is 5. The SMILES string of the molecule is C=C(COC(=O)c1cccc2cc3ccccc3cc12)C[C@@H]1C[C@H](O)C2OC3C[C@]4(C)OC5/C=C\CC6OC7C(C/C=C\CC6OC5CCCC4OC3CC2O1)OC1CC2OC3CC(=O)OC3C[C@@H](C)C[C@@]2(C)OC1C[C@@H]7C. The van der Waals surface area contributed by atoms with Crippen LogP contribution in [0.2, 0.25) is 0 Å². The highest BCUT2D eigenvalue weighted by atomic mass is 16.6. The van der Waals surface area contributed by atoms with Gasteiger partial charge in [0.25, 0.3) is 0 Å². The Morgan fingerprint density at radius 1 is 0.654 bits per heavy atom. The van der Waals surface area contributed by atoms with E-state index in [0.29, 0.717) is 50.0 Å². The van der Waals surface area contributed by atoms with Crippen LogP contribution in [0.25, 0.3) is 21.5 Å². The average Bonchev–Trinajstić information content (AvgIpc) is 3.91. The number of aliphatic hydroxyl groups is 1. The molecule has 10 heterocycles. The van der Waals surface area contributed by atoms with E-state index in [2.05, 4.69) is 70.7 Å². The summed E-state index contributed by atoms with van der Waals surface area (Å²) in [5.41, 5.74) is 0.0871. The maximum Gasteiger partial charge on any atom is 0.339 e. The number of carbonyl (C=O) groups excluding carboxylic acids is 2. The first kappa shape index (κ1) is 53.3. The van der Waals surface area contributed by atoms with Crippen molar-refractivity contribution in [1.29, 1.82) is 0 Å². The summed E-state index contributed by atoms with van der Waals surface area (Å²) in [6.07, 6.45) is 14.4. The molecule has 14 heteroatoms. The van der Waals surface area contributed by atoms with Crippen molar-refractivity contribution in [3.8, 4) is 0 Å². The van der Waals surface area contributed by atoms with Gasteiger partial charge in [-0.3, -0.25) is 4.79 Å². The minimum Gasteiger partial charge on any atom is -0.459 e. The van der Waals surface area contributed by atoms with Gasteiger partial charge in [-0.2, -0.15) is 0 Å². The largest absolute Gasteiger partial charge is 0.459 e. The number of fused-ring (bicyclic) bond motifs is 11. The molecule has 14 nitrogen and oxygen atoms in total. The van der Waals surface area contributed by atoms with E-state index < -0.39 is 29.4 Å². The fourth-order valence-corrected chi connectivity index (χ4v) is 15.6. The Kier molecular flexibility index (Phi) is 14.8. The number of hydrogen-bond acceptors (Lipinski definition) is 14. The fourth-order valence-electron chi connectivity index (χ4n) is 15.6. The van der Waals surface area contributed by atoms with E-state index in [0.717, 1.165) is 78.5 Å². The van der Waals surface area contributed by atoms with Crippen LogP contribution >= 0.6 is 0 Å². The van der Waals surface area contributed by atoms with Crippen LogP contribution in [0.3, 0.4) is 0 Å². The molecule has 0 aliphatic carbocycles. The topological polar surface area (TPSA) is 156 Å². The minimum atomic E-state index is -0.742. The van der Waals surface area contributed by atoms with Crippen LogP contribution in [-0.2, 0) is 56.9 Å². The number of benzene rings is 3. The molecule has 3 aromatic carbocycles. The Bertz CT molecular complexity index is 2780. The molecule has 13 rings (SSSR count). The molecule has 0 bridgehead atoms. The lowest BCUT2D eigenvalue weighted by molar-refractivity contribution is -0.316. The van der Waals surface area contributed by atoms with Gasteiger partial charge in [0.05, 0.1) is 109 Å². The third-order valence-electron chi connectivity index (χ3n) is 19.4. The van der Waals surface area contributed by atoms with Crippen LogP contribution in [-0.4, -0.2) is 145 Å². The standard InChI is InChI=1S/C64H80O14/c1-35-24-50-53(31-59(66)74-50)73-58-30-52-54(78-63(58,4)32-35)25-37(3)60-49(71-52)18-9-8-17-45-46(75-60)19-11-21-48-47(70-45)20-12-22-57-64(5,77-48)33-56-51(72-57)29-55-61(76-56)44(65)28-41(69-55)23-36(2)34-68-62(67)42-16-10-15-40-26-38-13-6-7-14-39(38)27-43(40)42/h6-11,13-16,21,26-27,35,37,41,44-58,60-61,65H,2,12,17-20,22-25,28-34H2,1,3-5H3/b9-8-,21-11-/t35-,37+,41-,44+,45?,46?,47?,48?,49?,50?,51?,52?,53?,54?,55?,56?,57?,58?,60?,61?,63-,64+/m1/s1. The first-order chi connectivity index (χ1) is 37.7. The molecule has 0 radical (unpaired) electrons. The summed E-state index contributed by atoms with van der Waals surface area (Å²) in [7, 11) is 0. The Labute approximate surface area is 458 Å². The average molecular weight is 1070 g/mol. The summed E-state index contributed by atoms with van der Waals surface area (Å²) >= 11 is 0. The lowest BCUT2D eigenvalue weighted by Gasteiger charge is -2.55. The van der Waals surface area contributed by atoms with Crippen LogP contribution < -0.4 is 0 Å². The summed E-state index contributed by atoms with van der Waals surface area (Å²) in [6.45, 7) is 13.2. The van der Waals surface area contributed by atoms with Crippen LogP contribution in [0.4, 0.5) is 0 Å². The third-order valence-corrected chi connectivity index (χ3v) is 19.4. The lowest BCUT2D eigenvalue weighted by atomic mass is 9.78. The molecule has 0 aromatic heterocycles. The molecule has 0 amide bonds. The van der Waals surface area contributed by atoms with Gasteiger partial charge in [-0.25, -0.2) is 4.79 Å². The molecule has 22 atom stereocenters. The van der Waals surface area contributed by atoms with Gasteiger partial charge in [0.1, 0.15) is 31.0 Å². The molecular formula is C64H80O14. The van der Waals surface area contributed by atoms with Crippen LogP contribution in [0.1, 0.15) is 134 Å². The van der Waals surface area contributed by atoms with E-state index in [9.17, 15) is 14.7 Å². The van der Waals surface area contributed by atoms with E-state index in [1.807, 2.05) is 36.4 Å². The molecule has 8 saturated heterocycles. The molecular weight excluding hydrogens is 993 g/mol. The van der Waals surface area contributed by atoms with Gasteiger partial charge in [0.15, 0.2) is 0 Å². The van der Waals surface area contributed by atoms with Crippen molar-refractivity contribution in [2.24, 2.45) is 11.8 Å². The normalized spacial score (nSPS) is 45.2. The van der Waals surface area contributed by atoms with Gasteiger partial charge >= 0.3 is 11.9 Å². The zero-order valence-corrected chi connectivity index (χ0v) is 45.8. The second-order valence-corrected chi connectivity index (χ2v) is 25.5. The molecule has 420 valence electrons. The highest BCUT2D eigenvalue weighted by Crippen LogP contribution is 2.49. The Hall–Kier alpha value is -4.06.